The van der Waals surface area contributed by atoms with Crippen LogP contribution in [0.25, 0.3) is 0 Å². The molecule has 0 bridgehead atoms. The van der Waals surface area contributed by atoms with E-state index in [-0.39, 0.29) is 11.9 Å². The third-order valence-corrected chi connectivity index (χ3v) is 3.40. The van der Waals surface area contributed by atoms with Crippen LogP contribution >= 0.6 is 0 Å². The Morgan fingerprint density at radius 1 is 1.30 bits per heavy atom. The van der Waals surface area contributed by atoms with Crippen LogP contribution in [0, 0.1) is 5.92 Å². The molecule has 1 aromatic rings. The number of benzene rings is 1. The molecule has 1 aliphatic carbocycles. The highest BCUT2D eigenvalue weighted by Gasteiger charge is 2.29. The molecule has 1 fully saturated rings. The Bertz CT molecular complexity index is 456. The van der Waals surface area contributed by atoms with Gasteiger partial charge in [-0.05, 0) is 31.7 Å². The predicted molar refractivity (Wildman–Crippen MR) is 77.3 cm³/mol. The molecule has 4 heteroatoms. The van der Waals surface area contributed by atoms with Crippen molar-refractivity contribution < 1.29 is 14.4 Å². The zero-order chi connectivity index (χ0) is 14.2. The molecule has 20 heavy (non-hydrogen) atoms. The summed E-state index contributed by atoms with van der Waals surface area (Å²) >= 11 is 0. The Balaban J connectivity index is 1.93. The fourth-order valence-electron chi connectivity index (χ4n) is 2.37. The highest BCUT2D eigenvalue weighted by Crippen LogP contribution is 2.23. The zero-order valence-corrected chi connectivity index (χ0v) is 11.9. The third-order valence-electron chi connectivity index (χ3n) is 3.40. The predicted octanol–water partition coefficient (Wildman–Crippen LogP) is 3.31. The van der Waals surface area contributed by atoms with Crippen molar-refractivity contribution in [3.05, 3.63) is 35.9 Å². The van der Waals surface area contributed by atoms with Gasteiger partial charge in [0.1, 0.15) is 6.61 Å². The quantitative estimate of drug-likeness (QED) is 0.612. The minimum atomic E-state index is -0.223. The SMILES string of the molecule is CCOC(=O)C1CCCC/C1=N\OCc1ccccc1. The molecule has 0 spiro atoms. The van der Waals surface area contributed by atoms with Crippen LogP contribution in [0.4, 0.5) is 0 Å². The van der Waals surface area contributed by atoms with Crippen molar-refractivity contribution in [2.45, 2.75) is 39.2 Å². The van der Waals surface area contributed by atoms with Gasteiger partial charge >= 0.3 is 5.97 Å². The molecule has 1 saturated carbocycles. The van der Waals surface area contributed by atoms with Crippen LogP contribution in [0.1, 0.15) is 38.2 Å². The number of hydrogen-bond donors (Lipinski definition) is 0. The summed E-state index contributed by atoms with van der Waals surface area (Å²) in [7, 11) is 0. The van der Waals surface area contributed by atoms with Crippen LogP contribution in [0.15, 0.2) is 35.5 Å². The summed E-state index contributed by atoms with van der Waals surface area (Å²) in [5.41, 5.74) is 1.89. The summed E-state index contributed by atoms with van der Waals surface area (Å²) in [6.07, 6.45) is 3.73. The molecule has 2 rings (SSSR count). The molecule has 1 atom stereocenters. The first-order valence-electron chi connectivity index (χ1n) is 7.20. The number of nitrogens with zero attached hydrogens (tertiary/aromatic N) is 1. The first-order chi connectivity index (χ1) is 9.81. The molecule has 1 aromatic carbocycles. The van der Waals surface area contributed by atoms with E-state index in [1.165, 1.54) is 0 Å². The van der Waals surface area contributed by atoms with Gasteiger partial charge < -0.3 is 9.57 Å². The molecule has 0 amide bonds. The number of rotatable bonds is 5. The fourth-order valence-corrected chi connectivity index (χ4v) is 2.37. The van der Waals surface area contributed by atoms with Crippen molar-refractivity contribution >= 4 is 11.7 Å². The number of ether oxygens (including phenoxy) is 1. The normalized spacial score (nSPS) is 20.6. The molecular formula is C16H21NO3. The third kappa shape index (κ3) is 4.08. The molecule has 4 nitrogen and oxygen atoms in total. The number of carbonyl (C=O) groups is 1. The van der Waals surface area contributed by atoms with Crippen molar-refractivity contribution in [2.24, 2.45) is 11.1 Å². The van der Waals surface area contributed by atoms with Crippen LogP contribution in [-0.2, 0) is 21.0 Å². The van der Waals surface area contributed by atoms with Crippen molar-refractivity contribution in [3.8, 4) is 0 Å². The van der Waals surface area contributed by atoms with Crippen molar-refractivity contribution in [3.63, 3.8) is 0 Å². The lowest BCUT2D eigenvalue weighted by atomic mass is 9.87. The molecule has 0 N–H and O–H groups in total. The molecule has 1 unspecified atom stereocenters. The van der Waals surface area contributed by atoms with E-state index in [0.717, 1.165) is 37.0 Å². The minimum absolute atomic E-state index is 0.172. The van der Waals surface area contributed by atoms with Gasteiger partial charge in [0.25, 0.3) is 0 Å². The topological polar surface area (TPSA) is 47.9 Å². The molecular weight excluding hydrogens is 254 g/mol. The smallest absolute Gasteiger partial charge is 0.314 e. The zero-order valence-electron chi connectivity index (χ0n) is 11.9. The first-order valence-corrected chi connectivity index (χ1v) is 7.20. The van der Waals surface area contributed by atoms with E-state index in [1.54, 1.807) is 0 Å². The lowest BCUT2D eigenvalue weighted by molar-refractivity contribution is -0.146. The summed E-state index contributed by atoms with van der Waals surface area (Å²) in [5, 5.41) is 4.18. The highest BCUT2D eigenvalue weighted by molar-refractivity contribution is 6.02. The summed E-state index contributed by atoms with van der Waals surface area (Å²) in [6, 6.07) is 9.88. The number of hydrogen-bond acceptors (Lipinski definition) is 4. The summed E-state index contributed by atoms with van der Waals surface area (Å²) in [4.78, 5) is 17.3. The molecule has 0 heterocycles. The van der Waals surface area contributed by atoms with Gasteiger partial charge in [0.05, 0.1) is 18.2 Å². The van der Waals surface area contributed by atoms with Gasteiger partial charge in [-0.3, -0.25) is 4.79 Å². The van der Waals surface area contributed by atoms with Crippen LogP contribution in [0.5, 0.6) is 0 Å². The fraction of sp³-hybridized carbons (Fsp3) is 0.500. The Morgan fingerprint density at radius 3 is 2.85 bits per heavy atom. The standard InChI is InChI=1S/C16H21NO3/c1-2-19-16(18)14-10-6-7-11-15(14)17-20-12-13-8-4-3-5-9-13/h3-5,8-9,14H,2,6-7,10-12H2,1H3/b17-15+. The van der Waals surface area contributed by atoms with Crippen LogP contribution in [-0.4, -0.2) is 18.3 Å². The monoisotopic (exact) mass is 275 g/mol. The van der Waals surface area contributed by atoms with Crippen LogP contribution in [0.2, 0.25) is 0 Å². The van der Waals surface area contributed by atoms with Crippen LogP contribution in [0.3, 0.4) is 0 Å². The number of carbonyl (C=O) groups excluding carboxylic acids is 1. The van der Waals surface area contributed by atoms with E-state index >= 15 is 0 Å². The maximum Gasteiger partial charge on any atom is 0.314 e. The summed E-state index contributed by atoms with van der Waals surface area (Å²) in [5.74, 6) is -0.395. The molecule has 0 aliphatic heterocycles. The number of oxime groups is 1. The van der Waals surface area contributed by atoms with E-state index in [2.05, 4.69) is 5.16 Å². The van der Waals surface area contributed by atoms with Crippen molar-refractivity contribution in [2.75, 3.05) is 6.61 Å². The van der Waals surface area contributed by atoms with Gasteiger partial charge in [0.15, 0.2) is 0 Å². The molecule has 0 radical (unpaired) electrons. The van der Waals surface area contributed by atoms with Gasteiger partial charge in [0.2, 0.25) is 0 Å². The van der Waals surface area contributed by atoms with Crippen molar-refractivity contribution in [1.29, 1.82) is 0 Å². The van der Waals surface area contributed by atoms with E-state index < -0.39 is 0 Å². The minimum Gasteiger partial charge on any atom is -0.465 e. The lowest BCUT2D eigenvalue weighted by Gasteiger charge is -2.21. The second-order valence-corrected chi connectivity index (χ2v) is 4.89. The van der Waals surface area contributed by atoms with E-state index in [9.17, 15) is 4.79 Å². The average Bonchev–Trinajstić information content (AvgIpc) is 2.49. The van der Waals surface area contributed by atoms with E-state index in [0.29, 0.717) is 13.2 Å². The number of esters is 1. The summed E-state index contributed by atoms with van der Waals surface area (Å²) in [6.45, 7) is 2.66. The van der Waals surface area contributed by atoms with Crippen LogP contribution < -0.4 is 0 Å². The van der Waals surface area contributed by atoms with E-state index in [1.807, 2.05) is 37.3 Å². The summed E-state index contributed by atoms with van der Waals surface area (Å²) < 4.78 is 5.10. The van der Waals surface area contributed by atoms with Gasteiger partial charge in [-0.15, -0.1) is 0 Å². The Hall–Kier alpha value is -1.84. The molecule has 0 aromatic heterocycles. The second-order valence-electron chi connectivity index (χ2n) is 4.89. The molecule has 108 valence electrons. The largest absolute Gasteiger partial charge is 0.465 e. The Labute approximate surface area is 119 Å². The maximum absolute atomic E-state index is 11.9. The Morgan fingerprint density at radius 2 is 2.10 bits per heavy atom. The molecule has 0 saturated heterocycles. The van der Waals surface area contributed by atoms with Gasteiger partial charge in [0, 0.05) is 0 Å². The first kappa shape index (κ1) is 14.6. The van der Waals surface area contributed by atoms with Gasteiger partial charge in [-0.1, -0.05) is 41.9 Å². The van der Waals surface area contributed by atoms with Gasteiger partial charge in [-0.25, -0.2) is 0 Å². The van der Waals surface area contributed by atoms with Crippen molar-refractivity contribution in [1.82, 2.24) is 0 Å². The molecule has 1 aliphatic rings. The average molecular weight is 275 g/mol. The highest BCUT2D eigenvalue weighted by atomic mass is 16.6. The second kappa shape index (κ2) is 7.68. The van der Waals surface area contributed by atoms with Gasteiger partial charge in [-0.2, -0.15) is 0 Å². The van der Waals surface area contributed by atoms with E-state index in [4.69, 9.17) is 9.57 Å². The Kier molecular flexibility index (Phi) is 5.59. The lowest BCUT2D eigenvalue weighted by Crippen LogP contribution is -2.29. The maximum atomic E-state index is 11.9.